The van der Waals surface area contributed by atoms with Crippen molar-refractivity contribution in [3.8, 4) is 67.3 Å². The Balaban J connectivity index is 1.11. The van der Waals surface area contributed by atoms with Crippen LogP contribution in [0.1, 0.15) is 25.0 Å². The minimum absolute atomic E-state index is 0.189. The summed E-state index contributed by atoms with van der Waals surface area (Å²) >= 11 is 0. The molecule has 0 fully saturated rings. The average Bonchev–Trinajstić information content (AvgIpc) is 3.52. The number of hydrogen-bond acceptors (Lipinski definition) is 2. The van der Waals surface area contributed by atoms with E-state index in [0.29, 0.717) is 5.82 Å². The third-order valence-corrected chi connectivity index (χ3v) is 12.1. The molecule has 10 aromatic rings. The van der Waals surface area contributed by atoms with Crippen molar-refractivity contribution in [1.29, 1.82) is 0 Å². The van der Waals surface area contributed by atoms with E-state index in [2.05, 4.69) is 202 Å². The number of nitrogens with zero attached hydrogens (tertiary/aromatic N) is 2. The molecular weight excluding hydrogens is 689 g/mol. The van der Waals surface area contributed by atoms with E-state index in [1.54, 1.807) is 0 Å². The summed E-state index contributed by atoms with van der Waals surface area (Å²) in [7, 11) is 0. The quantitative estimate of drug-likeness (QED) is 0.176. The third kappa shape index (κ3) is 5.25. The first kappa shape index (κ1) is 33.2. The van der Waals surface area contributed by atoms with Gasteiger partial charge in [0.2, 0.25) is 0 Å². The van der Waals surface area contributed by atoms with Gasteiger partial charge in [-0.25, -0.2) is 9.97 Å². The maximum absolute atomic E-state index is 5.33. The van der Waals surface area contributed by atoms with Crippen LogP contribution in [0.3, 0.4) is 0 Å². The molecule has 1 heterocycles. The molecule has 0 spiro atoms. The van der Waals surface area contributed by atoms with Gasteiger partial charge in [0.15, 0.2) is 5.82 Å². The van der Waals surface area contributed by atoms with Gasteiger partial charge < -0.3 is 0 Å². The molecule has 0 N–H and O–H groups in total. The third-order valence-electron chi connectivity index (χ3n) is 12.1. The lowest BCUT2D eigenvalue weighted by molar-refractivity contribution is 0.668. The van der Waals surface area contributed by atoms with Gasteiger partial charge in [-0.05, 0) is 82.9 Å². The average molecular weight is 727 g/mol. The van der Waals surface area contributed by atoms with Crippen molar-refractivity contribution in [3.05, 3.63) is 205 Å². The zero-order valence-corrected chi connectivity index (χ0v) is 31.9. The molecule has 9 aromatic carbocycles. The van der Waals surface area contributed by atoms with Gasteiger partial charge in [-0.2, -0.15) is 0 Å². The predicted octanol–water partition coefficient (Wildman–Crippen LogP) is 14.6. The van der Waals surface area contributed by atoms with E-state index in [9.17, 15) is 0 Å². The molecule has 0 atom stereocenters. The van der Waals surface area contributed by atoms with Gasteiger partial charge in [-0.15, -0.1) is 0 Å². The fraction of sp³-hybridized carbons (Fsp3) is 0.0545. The molecule has 1 aliphatic rings. The van der Waals surface area contributed by atoms with Crippen LogP contribution in [0.25, 0.3) is 99.6 Å². The molecule has 2 nitrogen and oxygen atoms in total. The highest BCUT2D eigenvalue weighted by Gasteiger charge is 2.39. The van der Waals surface area contributed by atoms with Crippen LogP contribution in [0.2, 0.25) is 0 Å². The van der Waals surface area contributed by atoms with E-state index in [0.717, 1.165) is 39.0 Å². The molecule has 268 valence electrons. The molecule has 0 radical (unpaired) electrons. The van der Waals surface area contributed by atoms with Crippen molar-refractivity contribution in [2.24, 2.45) is 0 Å². The van der Waals surface area contributed by atoms with Crippen molar-refractivity contribution in [3.63, 3.8) is 0 Å². The Morgan fingerprint density at radius 3 is 1.54 bits per heavy atom. The van der Waals surface area contributed by atoms with E-state index in [-0.39, 0.29) is 5.41 Å². The van der Waals surface area contributed by atoms with Crippen molar-refractivity contribution in [2.75, 3.05) is 0 Å². The molecule has 57 heavy (non-hydrogen) atoms. The Hall–Kier alpha value is -7.16. The predicted molar refractivity (Wildman–Crippen MR) is 239 cm³/mol. The van der Waals surface area contributed by atoms with Gasteiger partial charge in [0.1, 0.15) is 0 Å². The summed E-state index contributed by atoms with van der Waals surface area (Å²) in [5, 5.41) is 7.42. The first-order valence-corrected chi connectivity index (χ1v) is 19.8. The Kier molecular flexibility index (Phi) is 7.55. The maximum atomic E-state index is 5.33. The summed E-state index contributed by atoms with van der Waals surface area (Å²) in [6.07, 6.45) is 0. The smallest absolute Gasteiger partial charge is 0.160 e. The van der Waals surface area contributed by atoms with Gasteiger partial charge in [0.25, 0.3) is 0 Å². The summed E-state index contributed by atoms with van der Waals surface area (Å²) in [4.78, 5) is 10.6. The van der Waals surface area contributed by atoms with Crippen LogP contribution in [0.4, 0.5) is 0 Å². The van der Waals surface area contributed by atoms with Crippen molar-refractivity contribution in [2.45, 2.75) is 19.3 Å². The standard InChI is InChI=1S/C55H38N2/c1-55(2)52-39-22-9-7-17-36(39)30-31-49(52)48-29-15-28-47(53(48)55)44-32-33-46(43-25-11-10-23-41(43)44)51-34-50(56-54(57-51)37-18-4-3-5-19-37)45-26-13-12-24-42(45)40-27-14-20-35-16-6-8-21-38(35)40/h3-34H,1-2H3. The maximum Gasteiger partial charge on any atom is 0.160 e. The number of fused-ring (bicyclic) bond motifs is 7. The van der Waals surface area contributed by atoms with Gasteiger partial charge in [0, 0.05) is 22.1 Å². The monoisotopic (exact) mass is 726 g/mol. The van der Waals surface area contributed by atoms with E-state index in [1.165, 1.54) is 65.9 Å². The fourth-order valence-corrected chi connectivity index (χ4v) is 9.57. The molecule has 0 saturated carbocycles. The Morgan fingerprint density at radius 2 is 0.772 bits per heavy atom. The number of rotatable bonds is 5. The fourth-order valence-electron chi connectivity index (χ4n) is 9.57. The Morgan fingerprint density at radius 1 is 0.316 bits per heavy atom. The van der Waals surface area contributed by atoms with Crippen LogP contribution in [-0.2, 0) is 5.41 Å². The molecule has 2 heteroatoms. The van der Waals surface area contributed by atoms with Crippen molar-refractivity contribution in [1.82, 2.24) is 9.97 Å². The SMILES string of the molecule is CC1(C)c2c(cccc2-c2ccc(-c3cc(-c4ccccc4-c4cccc5ccccc45)nc(-c4ccccc4)n3)c3ccccc23)-c2ccc3ccccc3c21. The highest BCUT2D eigenvalue weighted by atomic mass is 14.9. The van der Waals surface area contributed by atoms with E-state index in [1.807, 2.05) is 6.07 Å². The lowest BCUT2D eigenvalue weighted by Crippen LogP contribution is -2.17. The van der Waals surface area contributed by atoms with Gasteiger partial charge in [-0.3, -0.25) is 0 Å². The normalized spacial score (nSPS) is 12.9. The largest absolute Gasteiger partial charge is 0.228 e. The Bertz CT molecular complexity index is 3210. The number of aromatic nitrogens is 2. The lowest BCUT2D eigenvalue weighted by Gasteiger charge is -2.26. The first-order valence-electron chi connectivity index (χ1n) is 19.8. The number of benzene rings is 9. The van der Waals surface area contributed by atoms with Crippen molar-refractivity contribution >= 4 is 32.3 Å². The molecule has 0 bridgehead atoms. The molecular formula is C55H38N2. The zero-order chi connectivity index (χ0) is 38.1. The van der Waals surface area contributed by atoms with Gasteiger partial charge >= 0.3 is 0 Å². The van der Waals surface area contributed by atoms with Crippen LogP contribution in [0, 0.1) is 0 Å². The van der Waals surface area contributed by atoms with E-state index < -0.39 is 0 Å². The molecule has 0 saturated heterocycles. The minimum Gasteiger partial charge on any atom is -0.228 e. The zero-order valence-electron chi connectivity index (χ0n) is 31.9. The summed E-state index contributed by atoms with van der Waals surface area (Å²) in [5.41, 5.74) is 15.0. The molecule has 0 aliphatic heterocycles. The van der Waals surface area contributed by atoms with Gasteiger partial charge in [0.05, 0.1) is 11.4 Å². The molecule has 0 amide bonds. The molecule has 11 rings (SSSR count). The molecule has 1 aliphatic carbocycles. The summed E-state index contributed by atoms with van der Waals surface area (Å²) < 4.78 is 0. The second-order valence-electron chi connectivity index (χ2n) is 15.7. The highest BCUT2D eigenvalue weighted by molar-refractivity contribution is 6.08. The van der Waals surface area contributed by atoms with Gasteiger partial charge in [-0.1, -0.05) is 202 Å². The first-order chi connectivity index (χ1) is 28.0. The van der Waals surface area contributed by atoms with Crippen molar-refractivity contribution < 1.29 is 0 Å². The second-order valence-corrected chi connectivity index (χ2v) is 15.7. The molecule has 0 unspecified atom stereocenters. The van der Waals surface area contributed by atoms with Crippen LogP contribution in [0.15, 0.2) is 194 Å². The summed E-state index contributed by atoms with van der Waals surface area (Å²) in [5.74, 6) is 0.705. The minimum atomic E-state index is -0.189. The second kappa shape index (κ2) is 13.0. The van der Waals surface area contributed by atoms with Crippen LogP contribution >= 0.6 is 0 Å². The van der Waals surface area contributed by atoms with Crippen LogP contribution in [-0.4, -0.2) is 9.97 Å². The molecule has 1 aromatic heterocycles. The topological polar surface area (TPSA) is 25.8 Å². The summed E-state index contributed by atoms with van der Waals surface area (Å²) in [6, 6.07) is 70.0. The number of hydrogen-bond donors (Lipinski definition) is 0. The van der Waals surface area contributed by atoms with E-state index >= 15 is 0 Å². The highest BCUT2D eigenvalue weighted by Crippen LogP contribution is 2.55. The Labute approximate surface area is 332 Å². The van der Waals surface area contributed by atoms with E-state index in [4.69, 9.17) is 9.97 Å². The van der Waals surface area contributed by atoms with Crippen LogP contribution in [0.5, 0.6) is 0 Å². The lowest BCUT2D eigenvalue weighted by atomic mass is 9.77. The summed E-state index contributed by atoms with van der Waals surface area (Å²) in [6.45, 7) is 4.79. The van der Waals surface area contributed by atoms with Crippen LogP contribution < -0.4 is 0 Å².